The fraction of sp³-hybridized carbons (Fsp3) is 0.111. The lowest BCUT2D eigenvalue weighted by atomic mass is 10.1. The van der Waals surface area contributed by atoms with Gasteiger partial charge in [-0.1, -0.05) is 48.0 Å². The Hall–Kier alpha value is -2.68. The monoisotopic (exact) mass is 276 g/mol. The van der Waals surface area contributed by atoms with Gasteiger partial charge in [-0.25, -0.2) is 0 Å². The van der Waals surface area contributed by atoms with Gasteiger partial charge in [-0.15, -0.1) is 0 Å². The fourth-order valence-electron chi connectivity index (χ4n) is 2.26. The molecule has 3 rings (SSSR count). The number of carbonyl (C=O) groups is 1. The molecule has 1 aliphatic rings. The maximum absolute atomic E-state index is 12.5. The van der Waals surface area contributed by atoms with Gasteiger partial charge < -0.3 is 0 Å². The third kappa shape index (κ3) is 2.63. The number of benzene rings is 2. The Labute approximate surface area is 124 Å². The summed E-state index contributed by atoms with van der Waals surface area (Å²) in [4.78, 5) is 12.5. The highest BCUT2D eigenvalue weighted by Gasteiger charge is 2.28. The number of aryl methyl sites for hydroxylation is 1. The van der Waals surface area contributed by atoms with Gasteiger partial charge in [0.15, 0.2) is 0 Å². The first-order valence-corrected chi connectivity index (χ1v) is 6.88. The van der Waals surface area contributed by atoms with Gasteiger partial charge in [0.1, 0.15) is 0 Å². The third-order valence-electron chi connectivity index (χ3n) is 3.45. The summed E-state index contributed by atoms with van der Waals surface area (Å²) in [6, 6.07) is 17.6. The average molecular weight is 276 g/mol. The van der Waals surface area contributed by atoms with Crippen LogP contribution in [0.15, 0.2) is 65.3 Å². The Kier molecular flexibility index (Phi) is 3.40. The number of anilines is 1. The van der Waals surface area contributed by atoms with Crippen molar-refractivity contribution in [2.24, 2.45) is 5.10 Å². The molecule has 2 aromatic carbocycles. The molecule has 3 heteroatoms. The van der Waals surface area contributed by atoms with Crippen LogP contribution in [-0.4, -0.2) is 11.6 Å². The topological polar surface area (TPSA) is 32.7 Å². The van der Waals surface area contributed by atoms with Crippen molar-refractivity contribution in [2.75, 3.05) is 5.01 Å². The first-order valence-electron chi connectivity index (χ1n) is 6.88. The Balaban J connectivity index is 1.94. The van der Waals surface area contributed by atoms with Crippen LogP contribution < -0.4 is 5.01 Å². The fourth-order valence-corrected chi connectivity index (χ4v) is 2.26. The molecule has 0 unspecified atom stereocenters. The van der Waals surface area contributed by atoms with Crippen LogP contribution in [0.1, 0.15) is 18.1 Å². The van der Waals surface area contributed by atoms with Gasteiger partial charge in [0.2, 0.25) is 0 Å². The summed E-state index contributed by atoms with van der Waals surface area (Å²) < 4.78 is 0. The zero-order chi connectivity index (χ0) is 14.8. The highest BCUT2D eigenvalue weighted by atomic mass is 16.2. The molecule has 0 atom stereocenters. The molecular formula is C18H16N2O. The van der Waals surface area contributed by atoms with Crippen molar-refractivity contribution in [3.63, 3.8) is 0 Å². The van der Waals surface area contributed by atoms with Crippen molar-refractivity contribution in [3.8, 4) is 0 Å². The maximum Gasteiger partial charge on any atom is 0.280 e. The van der Waals surface area contributed by atoms with Crippen LogP contribution in [0.2, 0.25) is 0 Å². The van der Waals surface area contributed by atoms with E-state index in [0.29, 0.717) is 5.57 Å². The first-order chi connectivity index (χ1) is 10.1. The van der Waals surface area contributed by atoms with E-state index in [2.05, 4.69) is 5.10 Å². The van der Waals surface area contributed by atoms with E-state index in [-0.39, 0.29) is 5.91 Å². The predicted molar refractivity (Wildman–Crippen MR) is 86.2 cm³/mol. The van der Waals surface area contributed by atoms with E-state index in [9.17, 15) is 4.79 Å². The Morgan fingerprint density at radius 2 is 1.62 bits per heavy atom. The molecule has 1 amide bonds. The van der Waals surface area contributed by atoms with Crippen molar-refractivity contribution in [1.82, 2.24) is 0 Å². The summed E-state index contributed by atoms with van der Waals surface area (Å²) in [7, 11) is 0. The van der Waals surface area contributed by atoms with Crippen LogP contribution in [0.3, 0.4) is 0 Å². The molecule has 0 fully saturated rings. The number of hydrogen-bond donors (Lipinski definition) is 0. The summed E-state index contributed by atoms with van der Waals surface area (Å²) >= 11 is 0. The molecule has 1 heterocycles. The van der Waals surface area contributed by atoms with Gasteiger partial charge in [-0.05, 0) is 37.6 Å². The maximum atomic E-state index is 12.5. The second kappa shape index (κ2) is 5.37. The minimum Gasteiger partial charge on any atom is -0.267 e. The lowest BCUT2D eigenvalue weighted by Crippen LogP contribution is -2.21. The third-order valence-corrected chi connectivity index (χ3v) is 3.45. The smallest absolute Gasteiger partial charge is 0.267 e. The Morgan fingerprint density at radius 3 is 2.29 bits per heavy atom. The predicted octanol–water partition coefficient (Wildman–Crippen LogP) is 3.80. The average Bonchev–Trinajstić information content (AvgIpc) is 2.78. The van der Waals surface area contributed by atoms with Crippen LogP contribution in [0, 0.1) is 6.92 Å². The summed E-state index contributed by atoms with van der Waals surface area (Å²) in [6.07, 6.45) is 1.89. The summed E-state index contributed by atoms with van der Waals surface area (Å²) in [5.74, 6) is -0.0840. The van der Waals surface area contributed by atoms with Gasteiger partial charge in [-0.2, -0.15) is 10.1 Å². The normalized spacial score (nSPS) is 16.5. The van der Waals surface area contributed by atoms with Gasteiger partial charge >= 0.3 is 0 Å². The number of carbonyl (C=O) groups excluding carboxylic acids is 1. The highest BCUT2D eigenvalue weighted by Crippen LogP contribution is 2.24. The minimum atomic E-state index is -0.0840. The van der Waals surface area contributed by atoms with Gasteiger partial charge in [-0.3, -0.25) is 4.79 Å². The summed E-state index contributed by atoms with van der Waals surface area (Å²) in [5, 5.41) is 5.82. The van der Waals surface area contributed by atoms with E-state index < -0.39 is 0 Å². The molecule has 0 spiro atoms. The molecule has 0 saturated carbocycles. The van der Waals surface area contributed by atoms with Gasteiger partial charge in [0.05, 0.1) is 17.0 Å². The Bertz CT molecular complexity index is 728. The van der Waals surface area contributed by atoms with Crippen molar-refractivity contribution >= 4 is 23.4 Å². The number of para-hydroxylation sites is 1. The number of rotatable bonds is 2. The van der Waals surface area contributed by atoms with Crippen LogP contribution in [-0.2, 0) is 4.79 Å². The van der Waals surface area contributed by atoms with Gasteiger partial charge in [0.25, 0.3) is 5.91 Å². The van der Waals surface area contributed by atoms with E-state index in [1.54, 1.807) is 0 Å². The molecule has 0 radical (unpaired) electrons. The zero-order valence-corrected chi connectivity index (χ0v) is 12.1. The summed E-state index contributed by atoms with van der Waals surface area (Å²) in [5.41, 5.74) is 4.38. The molecule has 1 aliphatic heterocycles. The minimum absolute atomic E-state index is 0.0840. The largest absolute Gasteiger partial charge is 0.280 e. The number of nitrogens with zero attached hydrogens (tertiary/aromatic N) is 2. The number of amides is 1. The van der Waals surface area contributed by atoms with E-state index in [1.807, 2.05) is 74.5 Å². The van der Waals surface area contributed by atoms with Crippen LogP contribution >= 0.6 is 0 Å². The molecule has 2 aromatic rings. The standard InChI is InChI=1S/C18H16N2O/c1-13-8-10-15(11-9-13)12-17-14(2)19-20(18(17)21)16-6-4-3-5-7-16/h3-12H,1-2H3. The van der Waals surface area contributed by atoms with Crippen molar-refractivity contribution in [1.29, 1.82) is 0 Å². The first kappa shape index (κ1) is 13.3. The molecule has 0 bridgehead atoms. The van der Waals surface area contributed by atoms with Crippen molar-refractivity contribution in [2.45, 2.75) is 13.8 Å². The molecule has 21 heavy (non-hydrogen) atoms. The molecular weight excluding hydrogens is 260 g/mol. The zero-order valence-electron chi connectivity index (χ0n) is 12.1. The SMILES string of the molecule is CC1=NN(c2ccccc2)C(=O)C1=Cc1ccc(C)cc1. The van der Waals surface area contributed by atoms with E-state index in [0.717, 1.165) is 17.0 Å². The Morgan fingerprint density at radius 1 is 0.952 bits per heavy atom. The highest BCUT2D eigenvalue weighted by molar-refractivity contribution is 6.32. The van der Waals surface area contributed by atoms with Crippen LogP contribution in [0.25, 0.3) is 6.08 Å². The van der Waals surface area contributed by atoms with Crippen LogP contribution in [0.5, 0.6) is 0 Å². The van der Waals surface area contributed by atoms with Crippen molar-refractivity contribution in [3.05, 3.63) is 71.3 Å². The van der Waals surface area contributed by atoms with E-state index in [1.165, 1.54) is 10.6 Å². The molecule has 0 N–H and O–H groups in total. The van der Waals surface area contributed by atoms with Crippen LogP contribution in [0.4, 0.5) is 5.69 Å². The summed E-state index contributed by atoms with van der Waals surface area (Å²) in [6.45, 7) is 3.91. The molecule has 104 valence electrons. The second-order valence-corrected chi connectivity index (χ2v) is 5.11. The lowest BCUT2D eigenvalue weighted by molar-refractivity contribution is -0.114. The van der Waals surface area contributed by atoms with E-state index >= 15 is 0 Å². The number of hydrazone groups is 1. The quantitative estimate of drug-likeness (QED) is 0.768. The molecule has 0 aromatic heterocycles. The molecule has 0 aliphatic carbocycles. The van der Waals surface area contributed by atoms with Crippen molar-refractivity contribution < 1.29 is 4.79 Å². The number of hydrogen-bond acceptors (Lipinski definition) is 2. The van der Waals surface area contributed by atoms with E-state index in [4.69, 9.17) is 0 Å². The van der Waals surface area contributed by atoms with Gasteiger partial charge in [0, 0.05) is 0 Å². The lowest BCUT2D eigenvalue weighted by Gasteiger charge is -2.11. The molecule has 0 saturated heterocycles. The molecule has 3 nitrogen and oxygen atoms in total. The second-order valence-electron chi connectivity index (χ2n) is 5.11.